The highest BCUT2D eigenvalue weighted by Crippen LogP contribution is 2.15. The van der Waals surface area contributed by atoms with E-state index in [2.05, 4.69) is 48.3 Å². The van der Waals surface area contributed by atoms with Gasteiger partial charge in [0, 0.05) is 51.9 Å². The molecular weight excluding hydrogens is 495 g/mol. The van der Waals surface area contributed by atoms with Crippen molar-refractivity contribution >= 4 is 35.8 Å². The Morgan fingerprint density at radius 3 is 2.77 bits per heavy atom. The molecule has 1 saturated heterocycles. The monoisotopic (exact) mass is 522 g/mol. The van der Waals surface area contributed by atoms with E-state index >= 15 is 0 Å². The Kier molecular flexibility index (Phi) is 8.05. The largest absolute Gasteiger partial charge is 0.461 e. The summed E-state index contributed by atoms with van der Waals surface area (Å²) in [5, 5.41) is 10.6. The standard InChI is InChI=1S/C20H26N8O.HI/c1-2-21-20(28-13-11-27(12-14-28)18-7-3-4-9-22-18)23-10-8-17-24-19(26-25-17)16-6-5-15-29-16;/h3-7,9,15H,2,8,10-14H2,1H3,(H,21,23)(H,24,25,26);1H. The molecule has 0 unspecified atom stereocenters. The molecule has 4 rings (SSSR count). The number of nitrogens with zero attached hydrogens (tertiary/aromatic N) is 6. The smallest absolute Gasteiger partial charge is 0.216 e. The van der Waals surface area contributed by atoms with E-state index in [9.17, 15) is 0 Å². The van der Waals surface area contributed by atoms with Crippen LogP contribution in [0.25, 0.3) is 11.6 Å². The predicted molar refractivity (Wildman–Crippen MR) is 127 cm³/mol. The Bertz CT molecular complexity index is 904. The van der Waals surface area contributed by atoms with Gasteiger partial charge >= 0.3 is 0 Å². The minimum atomic E-state index is 0. The Morgan fingerprint density at radius 2 is 2.07 bits per heavy atom. The summed E-state index contributed by atoms with van der Waals surface area (Å²) in [6, 6.07) is 9.71. The second-order valence-electron chi connectivity index (χ2n) is 6.73. The van der Waals surface area contributed by atoms with Gasteiger partial charge in [-0.05, 0) is 31.2 Å². The lowest BCUT2D eigenvalue weighted by molar-refractivity contribution is 0.371. The molecule has 0 bridgehead atoms. The third-order valence-corrected chi connectivity index (χ3v) is 4.77. The van der Waals surface area contributed by atoms with Crippen molar-refractivity contribution in [3.05, 3.63) is 48.6 Å². The Balaban J connectivity index is 0.00000256. The second-order valence-corrected chi connectivity index (χ2v) is 6.73. The number of hydrogen-bond acceptors (Lipinski definition) is 6. The first kappa shape index (κ1) is 22.1. The maximum absolute atomic E-state index is 5.33. The lowest BCUT2D eigenvalue weighted by Crippen LogP contribution is -2.52. The molecule has 0 atom stereocenters. The quantitative estimate of drug-likeness (QED) is 0.292. The minimum Gasteiger partial charge on any atom is -0.461 e. The van der Waals surface area contributed by atoms with E-state index < -0.39 is 0 Å². The van der Waals surface area contributed by atoms with Crippen molar-refractivity contribution in [3.63, 3.8) is 0 Å². The molecule has 1 aliphatic heterocycles. The molecule has 1 fully saturated rings. The number of rotatable bonds is 6. The maximum Gasteiger partial charge on any atom is 0.216 e. The van der Waals surface area contributed by atoms with Crippen LogP contribution in [0.3, 0.4) is 0 Å². The van der Waals surface area contributed by atoms with Crippen molar-refractivity contribution in [2.45, 2.75) is 13.3 Å². The zero-order valence-corrected chi connectivity index (χ0v) is 19.3. The van der Waals surface area contributed by atoms with Crippen molar-refractivity contribution in [1.82, 2.24) is 30.4 Å². The van der Waals surface area contributed by atoms with Gasteiger partial charge in [-0.3, -0.25) is 10.1 Å². The number of pyridine rings is 1. The zero-order valence-electron chi connectivity index (χ0n) is 17.0. The number of hydrogen-bond donors (Lipinski definition) is 2. The molecular formula is C20H27IN8O. The van der Waals surface area contributed by atoms with Crippen molar-refractivity contribution in [2.75, 3.05) is 44.2 Å². The summed E-state index contributed by atoms with van der Waals surface area (Å²) in [4.78, 5) is 18.3. The number of aromatic amines is 1. The molecule has 3 aromatic heterocycles. The highest BCUT2D eigenvalue weighted by Gasteiger charge is 2.20. The normalized spacial score (nSPS) is 14.5. The van der Waals surface area contributed by atoms with E-state index in [4.69, 9.17) is 9.41 Å². The number of halogens is 1. The molecule has 1 aliphatic rings. The topological polar surface area (TPSA) is 98.5 Å². The summed E-state index contributed by atoms with van der Waals surface area (Å²) in [5.74, 6) is 4.02. The molecule has 160 valence electrons. The molecule has 10 heteroatoms. The molecule has 0 saturated carbocycles. The van der Waals surface area contributed by atoms with Crippen molar-refractivity contribution in [2.24, 2.45) is 4.99 Å². The van der Waals surface area contributed by atoms with Crippen LogP contribution in [0, 0.1) is 0 Å². The van der Waals surface area contributed by atoms with Crippen molar-refractivity contribution < 1.29 is 4.42 Å². The Labute approximate surface area is 193 Å². The Hall–Kier alpha value is -2.63. The lowest BCUT2D eigenvalue weighted by Gasteiger charge is -2.37. The fourth-order valence-corrected chi connectivity index (χ4v) is 3.30. The van der Waals surface area contributed by atoms with Crippen LogP contribution in [-0.2, 0) is 6.42 Å². The van der Waals surface area contributed by atoms with E-state index in [0.717, 1.165) is 50.3 Å². The summed E-state index contributed by atoms with van der Waals surface area (Å²) in [6.07, 6.45) is 4.15. The van der Waals surface area contributed by atoms with Gasteiger partial charge in [0.25, 0.3) is 0 Å². The summed E-state index contributed by atoms with van der Waals surface area (Å²) in [7, 11) is 0. The van der Waals surface area contributed by atoms with Crippen LogP contribution in [0.4, 0.5) is 5.82 Å². The average molecular weight is 522 g/mol. The van der Waals surface area contributed by atoms with Crippen LogP contribution < -0.4 is 10.2 Å². The van der Waals surface area contributed by atoms with Gasteiger partial charge in [0.1, 0.15) is 11.6 Å². The van der Waals surface area contributed by atoms with E-state index in [1.54, 1.807) is 6.26 Å². The van der Waals surface area contributed by atoms with Gasteiger partial charge in [-0.2, -0.15) is 5.10 Å². The van der Waals surface area contributed by atoms with Crippen LogP contribution in [0.15, 0.2) is 52.2 Å². The van der Waals surface area contributed by atoms with Crippen molar-refractivity contribution in [3.8, 4) is 11.6 Å². The number of anilines is 1. The maximum atomic E-state index is 5.33. The molecule has 9 nitrogen and oxygen atoms in total. The molecule has 0 radical (unpaired) electrons. The number of nitrogens with one attached hydrogen (secondary N) is 2. The van der Waals surface area contributed by atoms with Gasteiger partial charge in [-0.15, -0.1) is 24.0 Å². The minimum absolute atomic E-state index is 0. The molecule has 0 aliphatic carbocycles. The molecule has 0 aromatic carbocycles. The first-order valence-electron chi connectivity index (χ1n) is 9.98. The number of aromatic nitrogens is 4. The van der Waals surface area contributed by atoms with E-state index in [0.29, 0.717) is 24.6 Å². The third kappa shape index (κ3) is 5.49. The predicted octanol–water partition coefficient (Wildman–Crippen LogP) is 2.41. The molecule has 0 spiro atoms. The van der Waals surface area contributed by atoms with E-state index in [-0.39, 0.29) is 24.0 Å². The first-order valence-corrected chi connectivity index (χ1v) is 9.98. The summed E-state index contributed by atoms with van der Waals surface area (Å²) in [6.45, 7) is 7.23. The number of piperazine rings is 1. The molecule has 4 heterocycles. The lowest BCUT2D eigenvalue weighted by atomic mass is 10.3. The van der Waals surface area contributed by atoms with Gasteiger partial charge in [-0.1, -0.05) is 6.07 Å². The number of aliphatic imine (C=N–C) groups is 1. The van der Waals surface area contributed by atoms with Gasteiger partial charge in [0.15, 0.2) is 11.7 Å². The van der Waals surface area contributed by atoms with Gasteiger partial charge in [-0.25, -0.2) is 9.97 Å². The van der Waals surface area contributed by atoms with Crippen LogP contribution in [-0.4, -0.2) is 70.3 Å². The average Bonchev–Trinajstić information content (AvgIpc) is 3.46. The third-order valence-electron chi connectivity index (χ3n) is 4.77. The molecule has 2 N–H and O–H groups in total. The SMILES string of the molecule is CCNC(=NCCc1nc(-c2ccco2)n[nH]1)N1CCN(c2ccccn2)CC1.I. The fraction of sp³-hybridized carbons (Fsp3) is 0.400. The molecule has 30 heavy (non-hydrogen) atoms. The summed E-state index contributed by atoms with van der Waals surface area (Å²) >= 11 is 0. The highest BCUT2D eigenvalue weighted by atomic mass is 127. The summed E-state index contributed by atoms with van der Waals surface area (Å²) in [5.41, 5.74) is 0. The van der Waals surface area contributed by atoms with E-state index in [1.165, 1.54) is 0 Å². The van der Waals surface area contributed by atoms with Gasteiger partial charge in [0.05, 0.1) is 6.26 Å². The second kappa shape index (κ2) is 11.0. The van der Waals surface area contributed by atoms with Crippen LogP contribution in [0.2, 0.25) is 0 Å². The number of guanidine groups is 1. The highest BCUT2D eigenvalue weighted by molar-refractivity contribution is 14.0. The first-order chi connectivity index (χ1) is 14.3. The van der Waals surface area contributed by atoms with E-state index in [1.807, 2.05) is 30.5 Å². The fourth-order valence-electron chi connectivity index (χ4n) is 3.30. The van der Waals surface area contributed by atoms with Crippen LogP contribution >= 0.6 is 24.0 Å². The number of H-pyrrole nitrogens is 1. The zero-order chi connectivity index (χ0) is 19.9. The van der Waals surface area contributed by atoms with Gasteiger partial charge in [0.2, 0.25) is 5.82 Å². The molecule has 0 amide bonds. The summed E-state index contributed by atoms with van der Waals surface area (Å²) < 4.78 is 5.33. The van der Waals surface area contributed by atoms with Gasteiger partial charge < -0.3 is 19.5 Å². The van der Waals surface area contributed by atoms with Crippen molar-refractivity contribution in [1.29, 1.82) is 0 Å². The van der Waals surface area contributed by atoms with Crippen LogP contribution in [0.1, 0.15) is 12.7 Å². The van der Waals surface area contributed by atoms with Crippen LogP contribution in [0.5, 0.6) is 0 Å². The Morgan fingerprint density at radius 1 is 1.20 bits per heavy atom. The number of furan rings is 1. The molecule has 3 aromatic rings.